The third kappa shape index (κ3) is 5.82. The fraction of sp³-hybridized carbons (Fsp3) is 0.200. The lowest BCUT2D eigenvalue weighted by molar-refractivity contribution is -0.0925. The van der Waals surface area contributed by atoms with Crippen LogP contribution >= 0.6 is 11.6 Å². The van der Waals surface area contributed by atoms with Crippen molar-refractivity contribution in [3.05, 3.63) is 76.5 Å². The number of carbonyl (C=O) groups is 1. The van der Waals surface area contributed by atoms with Crippen LogP contribution in [0, 0.1) is 0 Å². The molecule has 0 saturated heterocycles. The quantitative estimate of drug-likeness (QED) is 0.276. The summed E-state index contributed by atoms with van der Waals surface area (Å²) < 4.78 is 38.9. The van der Waals surface area contributed by atoms with Gasteiger partial charge in [-0.15, -0.1) is 0 Å². The van der Waals surface area contributed by atoms with E-state index in [1.807, 2.05) is 0 Å². The molecule has 0 aliphatic carbocycles. The van der Waals surface area contributed by atoms with Gasteiger partial charge >= 0.3 is 6.18 Å². The van der Waals surface area contributed by atoms with Crippen LogP contribution in [-0.2, 0) is 0 Å². The van der Waals surface area contributed by atoms with E-state index >= 15 is 0 Å². The predicted molar refractivity (Wildman–Crippen MR) is 109 cm³/mol. The minimum atomic E-state index is -4.74. The van der Waals surface area contributed by atoms with Crippen molar-refractivity contribution in [3.63, 3.8) is 0 Å². The minimum Gasteiger partial charge on any atom is -0.395 e. The summed E-state index contributed by atoms with van der Waals surface area (Å²) in [5, 5.41) is 10.2. The number of rotatable bonds is 6. The Morgan fingerprint density at radius 1 is 1.20 bits per heavy atom. The van der Waals surface area contributed by atoms with Crippen LogP contribution in [-0.4, -0.2) is 40.6 Å². The molecular weight excluding hydrogens is 421 g/mol. The van der Waals surface area contributed by atoms with E-state index in [0.717, 1.165) is 5.01 Å². The number of benzene rings is 2. The Hall–Kier alpha value is -2.88. The molecule has 2 rings (SSSR count). The lowest BCUT2D eigenvalue weighted by Gasteiger charge is -2.22. The molecule has 0 saturated carbocycles. The van der Waals surface area contributed by atoms with E-state index in [-0.39, 0.29) is 34.2 Å². The molecule has 1 unspecified atom stereocenters. The molecular formula is C20H20ClF3N4O2. The number of nitrogens with zero attached hydrogens (tertiary/aromatic N) is 2. The van der Waals surface area contributed by atoms with E-state index in [2.05, 4.69) is 4.99 Å². The van der Waals surface area contributed by atoms with Crippen molar-refractivity contribution in [1.82, 2.24) is 5.01 Å². The van der Waals surface area contributed by atoms with Crippen molar-refractivity contribution in [1.29, 1.82) is 0 Å². The zero-order chi connectivity index (χ0) is 22.5. The number of hydrazine groups is 1. The summed E-state index contributed by atoms with van der Waals surface area (Å²) in [7, 11) is 0. The summed E-state index contributed by atoms with van der Waals surface area (Å²) in [6.07, 6.45) is -4.04. The molecule has 0 bridgehead atoms. The number of nitrogens with two attached hydrogens (primary N) is 2. The molecule has 0 radical (unpaired) electrons. The van der Waals surface area contributed by atoms with Gasteiger partial charge in [0.1, 0.15) is 5.70 Å². The molecule has 2 aromatic rings. The number of para-hydroxylation sites is 1. The largest absolute Gasteiger partial charge is 0.430 e. The summed E-state index contributed by atoms with van der Waals surface area (Å²) in [6.45, 7) is 1.24. The smallest absolute Gasteiger partial charge is 0.395 e. The van der Waals surface area contributed by atoms with Crippen LogP contribution < -0.4 is 11.6 Å². The third-order valence-corrected chi connectivity index (χ3v) is 4.43. The monoisotopic (exact) mass is 440 g/mol. The van der Waals surface area contributed by atoms with Crippen LogP contribution in [0.25, 0.3) is 0 Å². The van der Waals surface area contributed by atoms with Crippen molar-refractivity contribution in [2.45, 2.75) is 19.1 Å². The highest BCUT2D eigenvalue weighted by Gasteiger charge is 2.31. The van der Waals surface area contributed by atoms with Gasteiger partial charge in [-0.25, -0.2) is 10.8 Å². The first-order chi connectivity index (χ1) is 14.0. The Morgan fingerprint density at radius 3 is 2.30 bits per heavy atom. The molecule has 0 aromatic heterocycles. The zero-order valence-electron chi connectivity index (χ0n) is 15.9. The number of aliphatic hydroxyl groups is 1. The molecule has 0 aliphatic rings. The average Bonchev–Trinajstić information content (AvgIpc) is 2.72. The van der Waals surface area contributed by atoms with Gasteiger partial charge in [-0.05, 0) is 37.3 Å². The minimum absolute atomic E-state index is 0.0924. The van der Waals surface area contributed by atoms with Crippen molar-refractivity contribution in [2.75, 3.05) is 6.61 Å². The van der Waals surface area contributed by atoms with Crippen molar-refractivity contribution in [2.24, 2.45) is 16.6 Å². The highest BCUT2D eigenvalue weighted by molar-refractivity contribution is 6.33. The maximum Gasteiger partial charge on any atom is 0.430 e. The zero-order valence-corrected chi connectivity index (χ0v) is 16.7. The molecule has 160 valence electrons. The van der Waals surface area contributed by atoms with Crippen LogP contribution in [0.3, 0.4) is 0 Å². The molecule has 6 nitrogen and oxygen atoms in total. The SMILES string of the molecule is CC(CO)N(N)C(=O)c1ccc(C(C=C(N)C(F)(F)F)=Nc2ccccc2Cl)cc1. The number of allylic oxidation sites excluding steroid dienone is 2. The number of carbonyl (C=O) groups excluding carboxylic acids is 1. The molecule has 1 atom stereocenters. The fourth-order valence-corrected chi connectivity index (χ4v) is 2.48. The number of alkyl halides is 3. The molecule has 30 heavy (non-hydrogen) atoms. The summed E-state index contributed by atoms with van der Waals surface area (Å²) >= 11 is 6.06. The fourth-order valence-electron chi connectivity index (χ4n) is 2.30. The topological polar surface area (TPSA) is 105 Å². The molecule has 0 fully saturated rings. The van der Waals surface area contributed by atoms with Gasteiger partial charge in [0.25, 0.3) is 5.91 Å². The number of hydrogen-bond acceptors (Lipinski definition) is 5. The Morgan fingerprint density at radius 2 is 1.77 bits per heavy atom. The Bertz CT molecular complexity index is 959. The maximum atomic E-state index is 13.0. The molecule has 10 heteroatoms. The van der Waals surface area contributed by atoms with Gasteiger partial charge in [-0.3, -0.25) is 9.80 Å². The van der Waals surface area contributed by atoms with Crippen molar-refractivity contribution < 1.29 is 23.1 Å². The molecule has 0 heterocycles. The van der Waals surface area contributed by atoms with Gasteiger partial charge in [0.2, 0.25) is 0 Å². The van der Waals surface area contributed by atoms with Gasteiger partial charge < -0.3 is 10.8 Å². The second-order valence-corrected chi connectivity index (χ2v) is 6.77. The summed E-state index contributed by atoms with van der Waals surface area (Å²) in [6, 6.07) is 11.4. The lowest BCUT2D eigenvalue weighted by Crippen LogP contribution is -2.45. The van der Waals surface area contributed by atoms with E-state index < -0.39 is 23.8 Å². The summed E-state index contributed by atoms with van der Waals surface area (Å²) in [5.41, 5.74) is 4.46. The number of aliphatic imine (C=N–C) groups is 1. The first kappa shape index (κ1) is 23.4. The normalized spacial score (nSPS) is 13.8. The summed E-state index contributed by atoms with van der Waals surface area (Å²) in [5.74, 6) is 5.11. The van der Waals surface area contributed by atoms with E-state index in [1.54, 1.807) is 31.2 Å². The van der Waals surface area contributed by atoms with Crippen LogP contribution in [0.15, 0.2) is 65.3 Å². The van der Waals surface area contributed by atoms with Crippen molar-refractivity contribution >= 4 is 28.9 Å². The highest BCUT2D eigenvalue weighted by Crippen LogP contribution is 2.27. The summed E-state index contributed by atoms with van der Waals surface area (Å²) in [4.78, 5) is 16.5. The Kier molecular flexibility index (Phi) is 7.60. The number of amides is 1. The predicted octanol–water partition coefficient (Wildman–Crippen LogP) is 3.56. The van der Waals surface area contributed by atoms with Crippen LogP contribution in [0.4, 0.5) is 18.9 Å². The second-order valence-electron chi connectivity index (χ2n) is 6.37. The lowest BCUT2D eigenvalue weighted by atomic mass is 10.1. The number of halogens is 4. The molecule has 1 amide bonds. The third-order valence-electron chi connectivity index (χ3n) is 4.11. The average molecular weight is 441 g/mol. The van der Waals surface area contributed by atoms with E-state index in [0.29, 0.717) is 6.08 Å². The van der Waals surface area contributed by atoms with Gasteiger partial charge in [0, 0.05) is 11.1 Å². The van der Waals surface area contributed by atoms with Gasteiger partial charge in [0.05, 0.1) is 29.1 Å². The Labute approximate surface area is 176 Å². The van der Waals surface area contributed by atoms with Crippen LogP contribution in [0.1, 0.15) is 22.8 Å². The maximum absolute atomic E-state index is 13.0. The van der Waals surface area contributed by atoms with Gasteiger partial charge in [-0.1, -0.05) is 35.9 Å². The highest BCUT2D eigenvalue weighted by atomic mass is 35.5. The second kappa shape index (κ2) is 9.75. The van der Waals surface area contributed by atoms with Gasteiger partial charge in [0.15, 0.2) is 0 Å². The van der Waals surface area contributed by atoms with Crippen LogP contribution in [0.2, 0.25) is 5.02 Å². The first-order valence-electron chi connectivity index (χ1n) is 8.71. The van der Waals surface area contributed by atoms with E-state index in [4.69, 9.17) is 28.3 Å². The van der Waals surface area contributed by atoms with Crippen LogP contribution in [0.5, 0.6) is 0 Å². The first-order valence-corrected chi connectivity index (χ1v) is 9.09. The van der Waals surface area contributed by atoms with E-state index in [9.17, 15) is 18.0 Å². The number of aliphatic hydroxyl groups excluding tert-OH is 1. The van der Waals surface area contributed by atoms with Crippen molar-refractivity contribution in [3.8, 4) is 0 Å². The Balaban J connectivity index is 2.47. The molecule has 2 aromatic carbocycles. The number of hydrogen-bond donors (Lipinski definition) is 3. The molecule has 5 N–H and O–H groups in total. The standard InChI is InChI=1S/C20H20ClF3N4O2/c1-12(11-29)28(26)19(30)14-8-6-13(7-9-14)17(10-18(25)20(22,23)24)27-16-5-3-2-4-15(16)21/h2-10,12,29H,11,25-26H2,1H3. The van der Waals surface area contributed by atoms with Gasteiger partial charge in [-0.2, -0.15) is 13.2 Å². The molecule has 0 aliphatic heterocycles. The molecule has 0 spiro atoms. The van der Waals surface area contributed by atoms with E-state index in [1.165, 1.54) is 24.3 Å².